The largest absolute Gasteiger partial charge is 0.324 e. The first-order valence-electron chi connectivity index (χ1n) is 29.4. The van der Waals surface area contributed by atoms with E-state index in [4.69, 9.17) is 10.2 Å². The highest BCUT2D eigenvalue weighted by molar-refractivity contribution is 5.94. The Morgan fingerprint density at radius 2 is 0.778 bits per heavy atom. The molecule has 23 nitrogen and oxygen atoms in total. The summed E-state index contributed by atoms with van der Waals surface area (Å²) in [7, 11) is 0. The number of nitrogens with one attached hydrogen (secondary N) is 10. The van der Waals surface area contributed by atoms with Crippen molar-refractivity contribution >= 4 is 113 Å². The molecule has 16 rings (SSSR count). The molecular weight excluding hydrogens is 1130 g/mol. The summed E-state index contributed by atoms with van der Waals surface area (Å²) in [6.07, 6.45) is 8.41. The van der Waals surface area contributed by atoms with Crippen molar-refractivity contribution in [2.24, 2.45) is 0 Å². The fraction of sp³-hybridized carbons (Fsp3) is 0.149. The Morgan fingerprint density at radius 1 is 0.400 bits per heavy atom. The summed E-state index contributed by atoms with van der Waals surface area (Å²) >= 11 is 0. The number of aromatic nitrogens is 16. The minimum absolute atomic E-state index is 0.396. The van der Waals surface area contributed by atoms with Gasteiger partial charge in [-0.15, -0.1) is 0 Å². The van der Waals surface area contributed by atoms with Crippen LogP contribution in [0.1, 0.15) is 71.4 Å². The van der Waals surface area contributed by atoms with Gasteiger partial charge < -0.3 is 31.9 Å². The van der Waals surface area contributed by atoms with Crippen molar-refractivity contribution in [2.75, 3.05) is 31.9 Å². The summed E-state index contributed by atoms with van der Waals surface area (Å²) in [4.78, 5) is 35.5. The molecule has 444 valence electrons. The molecule has 0 amide bonds. The fourth-order valence-corrected chi connectivity index (χ4v) is 9.81. The number of hydrogen-bond donors (Lipinski definition) is 10. The lowest BCUT2D eigenvalue weighted by molar-refractivity contribution is 0.966. The number of H-pyrrole nitrogens is 4. The van der Waals surface area contributed by atoms with Crippen molar-refractivity contribution in [3.05, 3.63) is 216 Å². The molecule has 23 heteroatoms. The Hall–Kier alpha value is -12.2. The number of aromatic amines is 4. The molecule has 0 unspecified atom stereocenters. The molecular formula is C67H61N23. The molecule has 0 atom stereocenters. The van der Waals surface area contributed by atoms with Crippen LogP contribution in [0.2, 0.25) is 0 Å². The Kier molecular flexibility index (Phi) is 16.6. The molecule has 8 aromatic heterocycles. The van der Waals surface area contributed by atoms with Gasteiger partial charge in [0.1, 0.15) is 35.9 Å². The van der Waals surface area contributed by atoms with E-state index in [2.05, 4.69) is 145 Å². The summed E-state index contributed by atoms with van der Waals surface area (Å²) in [6.45, 7) is 5.98. The highest BCUT2D eigenvalue weighted by Gasteiger charge is 2.27. The number of rotatable bonds is 15. The number of fused-ring (bicyclic) bond motifs is 4. The van der Waals surface area contributed by atoms with Gasteiger partial charge in [-0.1, -0.05) is 78.4 Å². The van der Waals surface area contributed by atoms with Gasteiger partial charge in [0, 0.05) is 91.8 Å². The highest BCUT2D eigenvalue weighted by Crippen LogP contribution is 2.41. The second-order valence-corrected chi connectivity index (χ2v) is 21.8. The van der Waals surface area contributed by atoms with Crippen LogP contribution < -0.4 is 31.9 Å². The minimum atomic E-state index is 0.396. The van der Waals surface area contributed by atoms with Gasteiger partial charge in [-0.25, -0.2) is 29.9 Å². The van der Waals surface area contributed by atoms with Gasteiger partial charge in [-0.2, -0.15) is 35.6 Å². The van der Waals surface area contributed by atoms with Gasteiger partial charge in [0.15, 0.2) is 23.3 Å². The van der Waals surface area contributed by atoms with Crippen LogP contribution in [0, 0.1) is 32.1 Å². The molecule has 90 heavy (non-hydrogen) atoms. The third-order valence-corrected chi connectivity index (χ3v) is 14.7. The van der Waals surface area contributed by atoms with Crippen LogP contribution >= 0.6 is 0 Å². The average Bonchev–Trinajstić information content (AvgIpc) is 2.30. The monoisotopic (exact) mass is 1190 g/mol. The average molecular weight is 1190 g/mol. The van der Waals surface area contributed by atoms with Gasteiger partial charge in [0.05, 0.1) is 34.6 Å². The van der Waals surface area contributed by atoms with E-state index in [1.807, 2.05) is 159 Å². The molecule has 0 aliphatic heterocycles. The number of nitriles is 1. The summed E-state index contributed by atoms with van der Waals surface area (Å²) in [6, 6.07) is 57.6. The number of nitrogens with zero attached hydrogens (tertiary/aromatic N) is 13. The predicted octanol–water partition coefficient (Wildman–Crippen LogP) is 14.6. The maximum atomic E-state index is 8.81. The molecule has 2 fully saturated rings. The maximum absolute atomic E-state index is 8.81. The quantitative estimate of drug-likeness (QED) is 0.0456. The second kappa shape index (κ2) is 26.2. The van der Waals surface area contributed by atoms with E-state index in [-0.39, 0.29) is 0 Å². The Bertz CT molecular complexity index is 4680. The lowest BCUT2D eigenvalue weighted by Crippen LogP contribution is -2.02. The fourth-order valence-electron chi connectivity index (χ4n) is 9.81. The first-order chi connectivity index (χ1) is 44.2. The molecule has 8 heterocycles. The second-order valence-electron chi connectivity index (χ2n) is 21.8. The standard InChI is InChI=1S/C22H19N7.C21H20N6.2C12H11N5/c23-12-11-14-5-9-16(10-6-14)24-22-25-18-4-2-1-3-17(18)21(27-22)26-20-13-19(28-29-20)15-7-8-15;1-13-6-10-15(11-7-13)22-21-23-17-5-3-2-4-16(17)20(25-21)24-19-12-18(26-27-19)14-8-9-14;2*1-8-6-11(17-16-8)15-12-9-4-2-3-5-10(9)13-7-14-12/h1-6,9-10,13,15H,7-8,11H2,(H3,24,25,26,27,28,29);2-7,10-12,14H,8-9H2,1H3,(H3,22,23,24,25,26,27);2*2-7H,1H3,(H2,13,14,15,16,17). The SMILES string of the molecule is Cc1cc(Nc2ncnc3ccccc23)n[nH]1.Cc1cc(Nc2ncnc3ccccc23)n[nH]1.Cc1ccc(Nc2nc(Nc3cc(C4CC4)[nH]n3)c3ccccc3n2)cc1.N#CCc1ccc(Nc2nc(Nc3cc(C4CC4)[nH]n3)c3ccccc3n2)cc1. The third kappa shape index (κ3) is 14.2. The number of benzene rings is 6. The van der Waals surface area contributed by atoms with E-state index in [1.165, 1.54) is 42.6 Å². The molecule has 2 aliphatic rings. The van der Waals surface area contributed by atoms with Crippen LogP contribution in [-0.2, 0) is 6.42 Å². The summed E-state index contributed by atoms with van der Waals surface area (Å²) < 4.78 is 0. The van der Waals surface area contributed by atoms with Crippen molar-refractivity contribution in [3.63, 3.8) is 0 Å². The summed E-state index contributed by atoms with van der Waals surface area (Å²) in [5.74, 6) is 8.31. The summed E-state index contributed by atoms with van der Waals surface area (Å²) in [5.41, 5.74) is 11.9. The number of para-hydroxylation sites is 4. The molecule has 6 aromatic carbocycles. The van der Waals surface area contributed by atoms with Crippen LogP contribution in [0.3, 0.4) is 0 Å². The van der Waals surface area contributed by atoms with E-state index >= 15 is 0 Å². The molecule has 0 spiro atoms. The van der Waals surface area contributed by atoms with Gasteiger partial charge in [0.25, 0.3) is 0 Å². The lowest BCUT2D eigenvalue weighted by atomic mass is 10.1. The zero-order valence-corrected chi connectivity index (χ0v) is 49.3. The van der Waals surface area contributed by atoms with Crippen molar-refractivity contribution in [2.45, 2.75) is 64.7 Å². The normalized spacial score (nSPS) is 12.4. The van der Waals surface area contributed by atoms with E-state index < -0.39 is 0 Å². The van der Waals surface area contributed by atoms with Crippen molar-refractivity contribution < 1.29 is 0 Å². The van der Waals surface area contributed by atoms with Crippen LogP contribution in [0.15, 0.2) is 183 Å². The molecule has 0 radical (unpaired) electrons. The molecule has 2 aliphatic carbocycles. The van der Waals surface area contributed by atoms with Crippen molar-refractivity contribution in [1.82, 2.24) is 80.7 Å². The van der Waals surface area contributed by atoms with Gasteiger partial charge >= 0.3 is 0 Å². The molecule has 14 aromatic rings. The Labute approximate surface area is 516 Å². The van der Waals surface area contributed by atoms with Gasteiger partial charge in [-0.05, 0) is 125 Å². The third-order valence-electron chi connectivity index (χ3n) is 14.7. The first-order valence-corrected chi connectivity index (χ1v) is 29.4. The van der Waals surface area contributed by atoms with Crippen LogP contribution in [0.4, 0.5) is 69.8 Å². The van der Waals surface area contributed by atoms with E-state index in [9.17, 15) is 0 Å². The van der Waals surface area contributed by atoms with Gasteiger partial charge in [-0.3, -0.25) is 20.4 Å². The molecule has 2 saturated carbocycles. The Balaban J connectivity index is 0.000000113. The van der Waals surface area contributed by atoms with E-state index in [0.717, 1.165) is 113 Å². The number of hydrogen-bond acceptors (Lipinski definition) is 19. The van der Waals surface area contributed by atoms with Gasteiger partial charge in [0.2, 0.25) is 11.9 Å². The summed E-state index contributed by atoms with van der Waals surface area (Å²) in [5, 5.41) is 61.2. The van der Waals surface area contributed by atoms with Crippen LogP contribution in [0.5, 0.6) is 0 Å². The number of aryl methyl sites for hydroxylation is 3. The molecule has 0 bridgehead atoms. The molecule has 10 N–H and O–H groups in total. The van der Waals surface area contributed by atoms with E-state index in [0.29, 0.717) is 36.0 Å². The maximum Gasteiger partial charge on any atom is 0.229 e. The highest BCUT2D eigenvalue weighted by atomic mass is 15.2. The smallest absolute Gasteiger partial charge is 0.229 e. The number of anilines is 12. The Morgan fingerprint density at radius 3 is 1.19 bits per heavy atom. The van der Waals surface area contributed by atoms with E-state index in [1.54, 1.807) is 12.7 Å². The topological polar surface area (TPSA) is 314 Å². The first kappa shape index (κ1) is 56.9. The lowest BCUT2D eigenvalue weighted by Gasteiger charge is -2.11. The van der Waals surface area contributed by atoms with Crippen LogP contribution in [-0.4, -0.2) is 80.7 Å². The van der Waals surface area contributed by atoms with Crippen LogP contribution in [0.25, 0.3) is 43.6 Å². The predicted molar refractivity (Wildman–Crippen MR) is 353 cm³/mol. The zero-order chi connectivity index (χ0) is 61.2. The van der Waals surface area contributed by atoms with Crippen molar-refractivity contribution in [3.8, 4) is 6.07 Å². The zero-order valence-electron chi connectivity index (χ0n) is 49.3. The molecule has 0 saturated heterocycles. The minimum Gasteiger partial charge on any atom is -0.324 e. The van der Waals surface area contributed by atoms with Crippen molar-refractivity contribution in [1.29, 1.82) is 5.26 Å².